The number of likely N-dealkylation sites (tertiary alicyclic amines) is 1. The van der Waals surface area contributed by atoms with Gasteiger partial charge in [-0.05, 0) is 18.9 Å². The Morgan fingerprint density at radius 1 is 1.08 bits per heavy atom. The van der Waals surface area contributed by atoms with E-state index in [0.29, 0.717) is 25.1 Å². The molecule has 1 aliphatic heterocycles. The number of Topliss-reactive ketones (excluding diaryl/α,β-unsaturated/α-hetero) is 1. The molecule has 1 N–H and O–H groups in total. The van der Waals surface area contributed by atoms with Crippen molar-refractivity contribution in [1.29, 1.82) is 0 Å². The standard InChI is InChI=1S/C20H20N2O3/c1-14-7-9-16(10-8-14)18(23)19(24)21-17-11-12-22(20(17)25)13-15-5-3-2-4-6-15/h2-10,17H,11-13H2,1H3,(H,21,24). The summed E-state index contributed by atoms with van der Waals surface area (Å²) in [5.74, 6) is -1.49. The van der Waals surface area contributed by atoms with Gasteiger partial charge in [-0.2, -0.15) is 0 Å². The van der Waals surface area contributed by atoms with Crippen molar-refractivity contribution in [3.63, 3.8) is 0 Å². The number of nitrogens with zero attached hydrogens (tertiary/aromatic N) is 1. The molecular weight excluding hydrogens is 316 g/mol. The zero-order valence-corrected chi connectivity index (χ0v) is 14.1. The van der Waals surface area contributed by atoms with E-state index in [1.807, 2.05) is 37.3 Å². The Morgan fingerprint density at radius 2 is 1.76 bits per heavy atom. The molecule has 1 saturated heterocycles. The number of aryl methyl sites for hydroxylation is 1. The fraction of sp³-hybridized carbons (Fsp3) is 0.250. The van der Waals surface area contributed by atoms with Crippen molar-refractivity contribution in [3.8, 4) is 0 Å². The van der Waals surface area contributed by atoms with Crippen LogP contribution in [0.5, 0.6) is 0 Å². The van der Waals surface area contributed by atoms with Crippen LogP contribution in [-0.4, -0.2) is 35.1 Å². The van der Waals surface area contributed by atoms with Gasteiger partial charge >= 0.3 is 0 Å². The Hall–Kier alpha value is -2.95. The van der Waals surface area contributed by atoms with Crippen molar-refractivity contribution in [3.05, 3.63) is 71.3 Å². The third-order valence-electron chi connectivity index (χ3n) is 4.34. The monoisotopic (exact) mass is 336 g/mol. The molecule has 0 aliphatic carbocycles. The lowest BCUT2D eigenvalue weighted by Crippen LogP contribution is -2.44. The highest BCUT2D eigenvalue weighted by molar-refractivity contribution is 6.43. The second-order valence-corrected chi connectivity index (χ2v) is 6.26. The van der Waals surface area contributed by atoms with E-state index in [2.05, 4.69) is 5.32 Å². The molecule has 2 aromatic carbocycles. The molecule has 0 aromatic heterocycles. The molecule has 3 rings (SSSR count). The molecule has 0 spiro atoms. The topological polar surface area (TPSA) is 66.5 Å². The van der Waals surface area contributed by atoms with Gasteiger partial charge in [-0.25, -0.2) is 0 Å². The molecular formula is C20H20N2O3. The summed E-state index contributed by atoms with van der Waals surface area (Å²) in [7, 11) is 0. The minimum atomic E-state index is -0.733. The summed E-state index contributed by atoms with van der Waals surface area (Å²) >= 11 is 0. The van der Waals surface area contributed by atoms with Crippen molar-refractivity contribution >= 4 is 17.6 Å². The molecule has 2 amide bonds. The number of carbonyl (C=O) groups excluding carboxylic acids is 3. The normalized spacial score (nSPS) is 16.8. The van der Waals surface area contributed by atoms with Crippen LogP contribution < -0.4 is 5.32 Å². The van der Waals surface area contributed by atoms with Crippen LogP contribution in [0.3, 0.4) is 0 Å². The maximum Gasteiger partial charge on any atom is 0.293 e. The maximum atomic E-state index is 12.4. The number of hydrogen-bond donors (Lipinski definition) is 1. The minimum Gasteiger partial charge on any atom is -0.337 e. The summed E-state index contributed by atoms with van der Waals surface area (Å²) in [5, 5.41) is 2.58. The van der Waals surface area contributed by atoms with Crippen LogP contribution in [0.15, 0.2) is 54.6 Å². The van der Waals surface area contributed by atoms with Gasteiger partial charge in [-0.1, -0.05) is 60.2 Å². The van der Waals surface area contributed by atoms with E-state index in [0.717, 1.165) is 11.1 Å². The number of rotatable bonds is 5. The Balaban J connectivity index is 1.59. The number of nitrogens with one attached hydrogen (secondary N) is 1. The fourth-order valence-corrected chi connectivity index (χ4v) is 2.89. The Bertz CT molecular complexity index is 784. The van der Waals surface area contributed by atoms with E-state index in [-0.39, 0.29) is 5.91 Å². The number of amides is 2. The number of hydrogen-bond acceptors (Lipinski definition) is 3. The zero-order valence-electron chi connectivity index (χ0n) is 14.1. The first-order chi connectivity index (χ1) is 12.0. The number of ketones is 1. The van der Waals surface area contributed by atoms with Crippen molar-refractivity contribution in [2.75, 3.05) is 6.54 Å². The predicted octanol–water partition coefficient (Wildman–Crippen LogP) is 2.10. The molecule has 2 aromatic rings. The van der Waals surface area contributed by atoms with Gasteiger partial charge in [0, 0.05) is 18.7 Å². The summed E-state index contributed by atoms with van der Waals surface area (Å²) in [6, 6.07) is 15.9. The summed E-state index contributed by atoms with van der Waals surface area (Å²) in [4.78, 5) is 38.5. The van der Waals surface area contributed by atoms with Crippen molar-refractivity contribution in [1.82, 2.24) is 10.2 Å². The third kappa shape index (κ3) is 3.94. The minimum absolute atomic E-state index is 0.145. The molecule has 0 radical (unpaired) electrons. The quantitative estimate of drug-likeness (QED) is 0.672. The smallest absolute Gasteiger partial charge is 0.293 e. The van der Waals surface area contributed by atoms with Gasteiger partial charge in [-0.3, -0.25) is 14.4 Å². The molecule has 25 heavy (non-hydrogen) atoms. The largest absolute Gasteiger partial charge is 0.337 e. The number of carbonyl (C=O) groups is 3. The highest BCUT2D eigenvalue weighted by Gasteiger charge is 2.33. The van der Waals surface area contributed by atoms with Crippen LogP contribution in [0, 0.1) is 6.92 Å². The summed E-state index contributed by atoms with van der Waals surface area (Å²) in [6.45, 7) is 2.99. The van der Waals surface area contributed by atoms with E-state index >= 15 is 0 Å². The SMILES string of the molecule is Cc1ccc(C(=O)C(=O)NC2CCN(Cc3ccccc3)C2=O)cc1. The van der Waals surface area contributed by atoms with Crippen LogP contribution >= 0.6 is 0 Å². The van der Waals surface area contributed by atoms with Crippen LogP contribution in [0.1, 0.15) is 27.9 Å². The average Bonchev–Trinajstić information content (AvgIpc) is 2.96. The predicted molar refractivity (Wildman–Crippen MR) is 93.9 cm³/mol. The Morgan fingerprint density at radius 3 is 2.44 bits per heavy atom. The lowest BCUT2D eigenvalue weighted by Gasteiger charge is -2.17. The van der Waals surface area contributed by atoms with Gasteiger partial charge in [0.05, 0.1) is 0 Å². The van der Waals surface area contributed by atoms with Gasteiger partial charge in [0.15, 0.2) is 0 Å². The molecule has 1 aliphatic rings. The van der Waals surface area contributed by atoms with Crippen molar-refractivity contribution < 1.29 is 14.4 Å². The first-order valence-electron chi connectivity index (χ1n) is 8.29. The molecule has 1 unspecified atom stereocenters. The molecule has 5 heteroatoms. The fourth-order valence-electron chi connectivity index (χ4n) is 2.89. The number of benzene rings is 2. The second-order valence-electron chi connectivity index (χ2n) is 6.26. The Labute approximate surface area is 146 Å². The molecule has 128 valence electrons. The summed E-state index contributed by atoms with van der Waals surface area (Å²) in [6.07, 6.45) is 0.512. The van der Waals surface area contributed by atoms with Crippen LogP contribution in [0.25, 0.3) is 0 Å². The molecule has 5 nitrogen and oxygen atoms in total. The summed E-state index contributed by atoms with van der Waals surface area (Å²) in [5.41, 5.74) is 2.38. The first-order valence-corrected chi connectivity index (χ1v) is 8.29. The van der Waals surface area contributed by atoms with Gasteiger partial charge < -0.3 is 10.2 Å². The van der Waals surface area contributed by atoms with E-state index in [9.17, 15) is 14.4 Å². The van der Waals surface area contributed by atoms with Gasteiger partial charge in [0.1, 0.15) is 6.04 Å². The lowest BCUT2D eigenvalue weighted by atomic mass is 10.1. The lowest BCUT2D eigenvalue weighted by molar-refractivity contribution is -0.132. The molecule has 1 fully saturated rings. The first kappa shape index (κ1) is 16.9. The summed E-state index contributed by atoms with van der Waals surface area (Å²) < 4.78 is 0. The zero-order chi connectivity index (χ0) is 17.8. The second kappa shape index (κ2) is 7.30. The van der Waals surface area contributed by atoms with Gasteiger partial charge in [-0.15, -0.1) is 0 Å². The molecule has 0 bridgehead atoms. The van der Waals surface area contributed by atoms with Crippen molar-refractivity contribution in [2.45, 2.75) is 25.9 Å². The highest BCUT2D eigenvalue weighted by atomic mass is 16.2. The van der Waals surface area contributed by atoms with E-state index in [4.69, 9.17) is 0 Å². The van der Waals surface area contributed by atoms with Gasteiger partial charge in [0.2, 0.25) is 11.7 Å². The van der Waals surface area contributed by atoms with E-state index < -0.39 is 17.7 Å². The van der Waals surface area contributed by atoms with E-state index in [1.54, 1.807) is 29.2 Å². The molecule has 1 heterocycles. The van der Waals surface area contributed by atoms with Crippen LogP contribution in [-0.2, 0) is 16.1 Å². The molecule has 1 atom stereocenters. The molecule has 0 saturated carbocycles. The van der Waals surface area contributed by atoms with Gasteiger partial charge in [0.25, 0.3) is 5.91 Å². The average molecular weight is 336 g/mol. The maximum absolute atomic E-state index is 12.4. The van der Waals surface area contributed by atoms with Crippen LogP contribution in [0.2, 0.25) is 0 Å². The van der Waals surface area contributed by atoms with Crippen LogP contribution in [0.4, 0.5) is 0 Å². The highest BCUT2D eigenvalue weighted by Crippen LogP contribution is 2.15. The Kier molecular flexibility index (Phi) is 4.93. The van der Waals surface area contributed by atoms with E-state index in [1.165, 1.54) is 0 Å². The van der Waals surface area contributed by atoms with Crippen molar-refractivity contribution in [2.24, 2.45) is 0 Å². The third-order valence-corrected chi connectivity index (χ3v) is 4.34.